The predicted molar refractivity (Wildman–Crippen MR) is 84.8 cm³/mol. The molecular weight excluding hydrogens is 248 g/mol. The van der Waals surface area contributed by atoms with Crippen LogP contribution in [0.2, 0.25) is 0 Å². The van der Waals surface area contributed by atoms with Gasteiger partial charge >= 0.3 is 0 Å². The molecule has 0 spiro atoms. The number of nitrogens with zero attached hydrogens (tertiary/aromatic N) is 1. The highest BCUT2D eigenvalue weighted by molar-refractivity contribution is 4.96. The van der Waals surface area contributed by atoms with Crippen LogP contribution in [0.5, 0.6) is 0 Å². The van der Waals surface area contributed by atoms with E-state index in [1.54, 1.807) is 0 Å². The Labute approximate surface area is 125 Å². The molecule has 3 heteroatoms. The second-order valence-electron chi connectivity index (χ2n) is 7.69. The first kappa shape index (κ1) is 16.3. The molecule has 0 bridgehead atoms. The molecule has 2 rings (SSSR count). The minimum atomic E-state index is 0.323. The maximum atomic E-state index is 9.65. The van der Waals surface area contributed by atoms with Crippen LogP contribution in [-0.4, -0.2) is 48.3 Å². The zero-order valence-electron chi connectivity index (χ0n) is 13.9. The Hall–Kier alpha value is -0.120. The summed E-state index contributed by atoms with van der Waals surface area (Å²) >= 11 is 0. The molecule has 4 atom stereocenters. The molecule has 1 saturated heterocycles. The van der Waals surface area contributed by atoms with Crippen LogP contribution in [0.1, 0.15) is 53.4 Å². The van der Waals surface area contributed by atoms with Crippen LogP contribution in [0.4, 0.5) is 0 Å². The van der Waals surface area contributed by atoms with Crippen molar-refractivity contribution in [1.82, 2.24) is 10.2 Å². The lowest BCUT2D eigenvalue weighted by Gasteiger charge is -2.46. The summed E-state index contributed by atoms with van der Waals surface area (Å²) in [5.41, 5.74) is 0.402. The molecule has 0 aromatic rings. The number of hydrogen-bond donors (Lipinski definition) is 2. The van der Waals surface area contributed by atoms with E-state index in [4.69, 9.17) is 0 Å². The van der Waals surface area contributed by atoms with Crippen LogP contribution in [-0.2, 0) is 0 Å². The number of likely N-dealkylation sites (tertiary alicyclic amines) is 1. The topological polar surface area (TPSA) is 35.5 Å². The molecule has 1 aliphatic heterocycles. The fourth-order valence-corrected chi connectivity index (χ4v) is 4.55. The summed E-state index contributed by atoms with van der Waals surface area (Å²) in [6.45, 7) is 13.1. The number of aliphatic hydroxyl groups excluding tert-OH is 1. The second-order valence-corrected chi connectivity index (χ2v) is 7.69. The van der Waals surface area contributed by atoms with Gasteiger partial charge in [0.05, 0.1) is 6.61 Å². The van der Waals surface area contributed by atoms with E-state index in [0.29, 0.717) is 30.0 Å². The number of aliphatic hydroxyl groups is 1. The summed E-state index contributed by atoms with van der Waals surface area (Å²) < 4.78 is 0. The largest absolute Gasteiger partial charge is 0.395 e. The predicted octanol–water partition coefficient (Wildman–Crippen LogP) is 2.49. The molecule has 0 aromatic heterocycles. The Morgan fingerprint density at radius 1 is 1.30 bits per heavy atom. The molecule has 2 fully saturated rings. The molecule has 0 radical (unpaired) electrons. The van der Waals surface area contributed by atoms with Gasteiger partial charge in [0.1, 0.15) is 0 Å². The van der Waals surface area contributed by atoms with Crippen molar-refractivity contribution >= 4 is 0 Å². The molecule has 1 heterocycles. The van der Waals surface area contributed by atoms with Crippen LogP contribution >= 0.6 is 0 Å². The number of hydrogen-bond acceptors (Lipinski definition) is 3. The summed E-state index contributed by atoms with van der Waals surface area (Å²) in [6.07, 6.45) is 5.27. The van der Waals surface area contributed by atoms with Gasteiger partial charge in [-0.1, -0.05) is 34.1 Å². The van der Waals surface area contributed by atoms with Crippen molar-refractivity contribution in [2.24, 2.45) is 17.3 Å². The Kier molecular flexibility index (Phi) is 5.49. The molecule has 118 valence electrons. The highest BCUT2D eigenvalue weighted by Gasteiger charge is 2.41. The average Bonchev–Trinajstić information content (AvgIpc) is 2.74. The van der Waals surface area contributed by atoms with Gasteiger partial charge in [0.2, 0.25) is 0 Å². The molecule has 0 aromatic carbocycles. The smallest absolute Gasteiger partial charge is 0.0589 e. The summed E-state index contributed by atoms with van der Waals surface area (Å²) in [5.74, 6) is 1.38. The van der Waals surface area contributed by atoms with Gasteiger partial charge in [-0.2, -0.15) is 0 Å². The van der Waals surface area contributed by atoms with E-state index >= 15 is 0 Å². The third kappa shape index (κ3) is 3.37. The molecule has 2 aliphatic rings. The van der Waals surface area contributed by atoms with Crippen molar-refractivity contribution in [2.45, 2.75) is 65.5 Å². The van der Waals surface area contributed by atoms with Crippen molar-refractivity contribution in [3.63, 3.8) is 0 Å². The summed E-state index contributed by atoms with van der Waals surface area (Å²) in [6, 6.07) is 1.01. The Morgan fingerprint density at radius 2 is 2.05 bits per heavy atom. The van der Waals surface area contributed by atoms with Crippen LogP contribution in [0, 0.1) is 17.3 Å². The zero-order valence-corrected chi connectivity index (χ0v) is 13.9. The lowest BCUT2D eigenvalue weighted by Crippen LogP contribution is -2.53. The minimum Gasteiger partial charge on any atom is -0.395 e. The quantitative estimate of drug-likeness (QED) is 0.813. The standard InChI is InChI=1S/C17H34N2O/c1-5-18-16-14(7-6-9-17(16,3)4)11-19-10-8-13(2)15(19)12-20/h13-16,18,20H,5-12H2,1-4H3. The fourth-order valence-electron chi connectivity index (χ4n) is 4.55. The van der Waals surface area contributed by atoms with E-state index in [-0.39, 0.29) is 0 Å². The molecular formula is C17H34N2O. The Balaban J connectivity index is 2.02. The zero-order chi connectivity index (χ0) is 14.8. The Morgan fingerprint density at radius 3 is 2.70 bits per heavy atom. The highest BCUT2D eigenvalue weighted by Crippen LogP contribution is 2.40. The van der Waals surface area contributed by atoms with Crippen LogP contribution in [0.15, 0.2) is 0 Å². The third-order valence-electron chi connectivity index (χ3n) is 5.79. The summed E-state index contributed by atoms with van der Waals surface area (Å²) in [7, 11) is 0. The third-order valence-corrected chi connectivity index (χ3v) is 5.79. The van der Waals surface area contributed by atoms with Gasteiger partial charge in [-0.15, -0.1) is 0 Å². The SMILES string of the molecule is CCNC1C(CN2CCC(C)C2CO)CCCC1(C)C. The highest BCUT2D eigenvalue weighted by atomic mass is 16.3. The van der Waals surface area contributed by atoms with Gasteiger partial charge in [-0.3, -0.25) is 4.90 Å². The van der Waals surface area contributed by atoms with Crippen molar-refractivity contribution in [2.75, 3.05) is 26.2 Å². The minimum absolute atomic E-state index is 0.323. The van der Waals surface area contributed by atoms with Crippen LogP contribution in [0.25, 0.3) is 0 Å². The van der Waals surface area contributed by atoms with Gasteiger partial charge in [0, 0.05) is 18.6 Å². The van der Waals surface area contributed by atoms with Crippen LogP contribution < -0.4 is 5.32 Å². The molecule has 3 nitrogen and oxygen atoms in total. The van der Waals surface area contributed by atoms with Gasteiger partial charge in [0.15, 0.2) is 0 Å². The van der Waals surface area contributed by atoms with Crippen molar-refractivity contribution < 1.29 is 5.11 Å². The van der Waals surface area contributed by atoms with Crippen molar-refractivity contribution in [3.05, 3.63) is 0 Å². The van der Waals surface area contributed by atoms with E-state index in [2.05, 4.69) is 37.9 Å². The summed E-state index contributed by atoms with van der Waals surface area (Å²) in [4.78, 5) is 2.56. The van der Waals surface area contributed by atoms with Crippen molar-refractivity contribution in [3.8, 4) is 0 Å². The molecule has 0 amide bonds. The van der Waals surface area contributed by atoms with Gasteiger partial charge in [0.25, 0.3) is 0 Å². The van der Waals surface area contributed by atoms with E-state index in [1.807, 2.05) is 0 Å². The molecule has 1 saturated carbocycles. The first-order valence-corrected chi connectivity index (χ1v) is 8.58. The lowest BCUT2D eigenvalue weighted by molar-refractivity contribution is 0.0603. The maximum absolute atomic E-state index is 9.65. The normalized spacial score (nSPS) is 38.2. The van der Waals surface area contributed by atoms with E-state index in [1.165, 1.54) is 32.2 Å². The van der Waals surface area contributed by atoms with Crippen LogP contribution in [0.3, 0.4) is 0 Å². The van der Waals surface area contributed by atoms with E-state index < -0.39 is 0 Å². The van der Waals surface area contributed by atoms with Gasteiger partial charge in [-0.25, -0.2) is 0 Å². The monoisotopic (exact) mass is 282 g/mol. The van der Waals surface area contributed by atoms with Gasteiger partial charge < -0.3 is 10.4 Å². The first-order chi connectivity index (χ1) is 9.49. The molecule has 4 unspecified atom stereocenters. The molecule has 1 aliphatic carbocycles. The molecule has 20 heavy (non-hydrogen) atoms. The number of nitrogens with one attached hydrogen (secondary N) is 1. The second kappa shape index (κ2) is 6.76. The first-order valence-electron chi connectivity index (χ1n) is 8.58. The van der Waals surface area contributed by atoms with E-state index in [9.17, 15) is 5.11 Å². The van der Waals surface area contributed by atoms with Gasteiger partial charge in [-0.05, 0) is 49.6 Å². The number of rotatable bonds is 5. The van der Waals surface area contributed by atoms with E-state index in [0.717, 1.165) is 19.0 Å². The average molecular weight is 282 g/mol. The summed E-state index contributed by atoms with van der Waals surface area (Å²) in [5, 5.41) is 13.4. The molecule has 2 N–H and O–H groups in total. The Bertz CT molecular complexity index is 305. The fraction of sp³-hybridized carbons (Fsp3) is 1.00. The lowest BCUT2D eigenvalue weighted by atomic mass is 9.67. The van der Waals surface area contributed by atoms with Crippen molar-refractivity contribution in [1.29, 1.82) is 0 Å². The maximum Gasteiger partial charge on any atom is 0.0589 e.